The standard InChI is InChI=1S/C20H19ClN2O3S3/c1-14-2-4-15(5-3-14)16-8-13-27-19(16)20(24)22-9-11-23(12-10-22)29(25,26)18-7-6-17(21)28-18/h2-8,13H,9-12H2,1H3. The lowest BCUT2D eigenvalue weighted by molar-refractivity contribution is 0.0703. The fourth-order valence-electron chi connectivity index (χ4n) is 3.27. The summed E-state index contributed by atoms with van der Waals surface area (Å²) in [5, 5.41) is 1.92. The van der Waals surface area contributed by atoms with Crippen molar-refractivity contribution in [2.45, 2.75) is 11.1 Å². The molecule has 1 fully saturated rings. The first-order valence-corrected chi connectivity index (χ1v) is 12.6. The highest BCUT2D eigenvalue weighted by Gasteiger charge is 2.32. The molecule has 3 heterocycles. The van der Waals surface area contributed by atoms with Gasteiger partial charge in [-0.2, -0.15) is 4.31 Å². The summed E-state index contributed by atoms with van der Waals surface area (Å²) >= 11 is 8.36. The quantitative estimate of drug-likeness (QED) is 0.565. The van der Waals surface area contributed by atoms with E-state index < -0.39 is 10.0 Å². The average molecular weight is 467 g/mol. The minimum absolute atomic E-state index is 0.0493. The van der Waals surface area contributed by atoms with Crippen LogP contribution in [0.15, 0.2) is 52.1 Å². The number of thiophene rings is 2. The van der Waals surface area contributed by atoms with Crippen LogP contribution in [0.3, 0.4) is 0 Å². The summed E-state index contributed by atoms with van der Waals surface area (Å²) in [4.78, 5) is 15.5. The van der Waals surface area contributed by atoms with Crippen molar-refractivity contribution in [3.63, 3.8) is 0 Å². The second kappa shape index (κ2) is 8.20. The summed E-state index contributed by atoms with van der Waals surface area (Å²) in [6.07, 6.45) is 0. The third-order valence-corrected chi connectivity index (χ3v) is 9.39. The Morgan fingerprint density at radius 3 is 2.31 bits per heavy atom. The Morgan fingerprint density at radius 1 is 1.00 bits per heavy atom. The first kappa shape index (κ1) is 20.6. The third-order valence-electron chi connectivity index (χ3n) is 4.89. The zero-order valence-electron chi connectivity index (χ0n) is 15.7. The van der Waals surface area contributed by atoms with Gasteiger partial charge in [-0.3, -0.25) is 4.79 Å². The first-order valence-electron chi connectivity index (χ1n) is 9.05. The Hall–Kier alpha value is -1.71. The number of halogens is 1. The summed E-state index contributed by atoms with van der Waals surface area (Å²) in [7, 11) is -3.57. The minimum Gasteiger partial charge on any atom is -0.335 e. The van der Waals surface area contributed by atoms with E-state index in [4.69, 9.17) is 11.6 Å². The van der Waals surface area contributed by atoms with E-state index in [0.717, 1.165) is 22.5 Å². The number of aryl methyl sites for hydroxylation is 1. The number of sulfonamides is 1. The van der Waals surface area contributed by atoms with Gasteiger partial charge in [0.05, 0.1) is 9.21 Å². The van der Waals surface area contributed by atoms with Gasteiger partial charge in [0.25, 0.3) is 15.9 Å². The Balaban J connectivity index is 1.48. The number of hydrogen-bond donors (Lipinski definition) is 0. The highest BCUT2D eigenvalue weighted by molar-refractivity contribution is 7.91. The van der Waals surface area contributed by atoms with Crippen molar-refractivity contribution < 1.29 is 13.2 Å². The molecule has 0 aliphatic carbocycles. The molecule has 9 heteroatoms. The molecule has 0 atom stereocenters. The van der Waals surface area contributed by atoms with E-state index in [1.807, 2.05) is 42.6 Å². The fraction of sp³-hybridized carbons (Fsp3) is 0.250. The molecule has 1 aromatic carbocycles. The lowest BCUT2D eigenvalue weighted by atomic mass is 10.0. The maximum Gasteiger partial charge on any atom is 0.264 e. The zero-order chi connectivity index (χ0) is 20.6. The molecule has 29 heavy (non-hydrogen) atoms. The Labute approximate surface area is 183 Å². The average Bonchev–Trinajstić information content (AvgIpc) is 3.38. The summed E-state index contributed by atoms with van der Waals surface area (Å²) in [5.74, 6) is -0.0493. The molecular formula is C20H19ClN2O3S3. The second-order valence-electron chi connectivity index (χ2n) is 6.78. The third kappa shape index (κ3) is 4.13. The largest absolute Gasteiger partial charge is 0.335 e. The predicted octanol–water partition coefficient (Wildman–Crippen LogP) is 4.59. The van der Waals surface area contributed by atoms with Gasteiger partial charge in [0.15, 0.2) is 0 Å². The van der Waals surface area contributed by atoms with Crippen molar-refractivity contribution in [2.75, 3.05) is 26.2 Å². The van der Waals surface area contributed by atoms with Gasteiger partial charge >= 0.3 is 0 Å². The summed E-state index contributed by atoms with van der Waals surface area (Å²) in [5.41, 5.74) is 3.10. The number of piperazine rings is 1. The molecular weight excluding hydrogens is 448 g/mol. The van der Waals surface area contributed by atoms with Crippen LogP contribution >= 0.6 is 34.3 Å². The Kier molecular flexibility index (Phi) is 5.81. The van der Waals surface area contributed by atoms with Crippen LogP contribution in [0, 0.1) is 6.92 Å². The lowest BCUT2D eigenvalue weighted by Crippen LogP contribution is -2.50. The number of amides is 1. The van der Waals surface area contributed by atoms with Crippen LogP contribution in [0.1, 0.15) is 15.2 Å². The van der Waals surface area contributed by atoms with E-state index in [9.17, 15) is 13.2 Å². The monoisotopic (exact) mass is 466 g/mol. The second-order valence-corrected chi connectivity index (χ2v) is 11.6. The normalized spacial score (nSPS) is 15.6. The molecule has 0 radical (unpaired) electrons. The maximum absolute atomic E-state index is 13.1. The van der Waals surface area contributed by atoms with E-state index in [1.54, 1.807) is 11.0 Å². The van der Waals surface area contributed by atoms with E-state index in [0.29, 0.717) is 22.3 Å². The SMILES string of the molecule is Cc1ccc(-c2ccsc2C(=O)N2CCN(S(=O)(=O)c3ccc(Cl)s3)CC2)cc1. The van der Waals surface area contributed by atoms with Gasteiger partial charge < -0.3 is 4.90 Å². The van der Waals surface area contributed by atoms with Gasteiger partial charge in [-0.15, -0.1) is 22.7 Å². The van der Waals surface area contributed by atoms with Gasteiger partial charge in [0.1, 0.15) is 4.21 Å². The van der Waals surface area contributed by atoms with Gasteiger partial charge in [-0.05, 0) is 36.1 Å². The van der Waals surface area contributed by atoms with Gasteiger partial charge in [0, 0.05) is 31.7 Å². The lowest BCUT2D eigenvalue weighted by Gasteiger charge is -2.33. The molecule has 4 rings (SSSR count). The summed E-state index contributed by atoms with van der Waals surface area (Å²) < 4.78 is 27.6. The van der Waals surface area contributed by atoms with Crippen LogP contribution < -0.4 is 0 Å². The minimum atomic E-state index is -3.57. The van der Waals surface area contributed by atoms with Crippen molar-refractivity contribution in [3.8, 4) is 11.1 Å². The summed E-state index contributed by atoms with van der Waals surface area (Å²) in [6, 6.07) is 13.2. The van der Waals surface area contributed by atoms with Gasteiger partial charge in [-0.25, -0.2) is 8.42 Å². The van der Waals surface area contributed by atoms with Crippen molar-refractivity contribution >= 4 is 50.2 Å². The van der Waals surface area contributed by atoms with Crippen molar-refractivity contribution in [1.29, 1.82) is 0 Å². The number of benzene rings is 1. The van der Waals surface area contributed by atoms with Crippen LogP contribution in [0.25, 0.3) is 11.1 Å². The van der Waals surface area contributed by atoms with Crippen molar-refractivity contribution in [1.82, 2.24) is 9.21 Å². The van der Waals surface area contributed by atoms with Crippen LogP contribution in [0.5, 0.6) is 0 Å². The van der Waals surface area contributed by atoms with Crippen LogP contribution in [0.4, 0.5) is 0 Å². The number of rotatable bonds is 4. The number of carbonyl (C=O) groups is 1. The highest BCUT2D eigenvalue weighted by atomic mass is 35.5. The van der Waals surface area contributed by atoms with E-state index in [1.165, 1.54) is 27.3 Å². The molecule has 1 aliphatic heterocycles. The Bertz CT molecular complexity index is 1130. The molecule has 2 aromatic heterocycles. The molecule has 0 N–H and O–H groups in total. The number of nitrogens with zero attached hydrogens (tertiary/aromatic N) is 2. The molecule has 1 saturated heterocycles. The fourth-order valence-corrected chi connectivity index (χ4v) is 7.22. The topological polar surface area (TPSA) is 57.7 Å². The first-order chi connectivity index (χ1) is 13.9. The van der Waals surface area contributed by atoms with Crippen molar-refractivity contribution in [2.24, 2.45) is 0 Å². The number of hydrogen-bond acceptors (Lipinski definition) is 5. The van der Waals surface area contributed by atoms with E-state index >= 15 is 0 Å². The molecule has 152 valence electrons. The van der Waals surface area contributed by atoms with Crippen LogP contribution in [0.2, 0.25) is 4.34 Å². The van der Waals surface area contributed by atoms with Crippen LogP contribution in [-0.4, -0.2) is 49.7 Å². The molecule has 0 bridgehead atoms. The highest BCUT2D eigenvalue weighted by Crippen LogP contribution is 2.31. The van der Waals surface area contributed by atoms with Crippen molar-refractivity contribution in [3.05, 3.63) is 62.6 Å². The molecule has 0 spiro atoms. The predicted molar refractivity (Wildman–Crippen MR) is 118 cm³/mol. The van der Waals surface area contributed by atoms with Crippen LogP contribution in [-0.2, 0) is 10.0 Å². The maximum atomic E-state index is 13.1. The number of carbonyl (C=O) groups excluding carboxylic acids is 1. The molecule has 3 aromatic rings. The zero-order valence-corrected chi connectivity index (χ0v) is 18.9. The molecule has 5 nitrogen and oxygen atoms in total. The molecule has 0 saturated carbocycles. The smallest absolute Gasteiger partial charge is 0.264 e. The van der Waals surface area contributed by atoms with E-state index in [2.05, 4.69) is 0 Å². The molecule has 1 amide bonds. The summed E-state index contributed by atoms with van der Waals surface area (Å²) in [6.45, 7) is 3.30. The molecule has 0 unspecified atom stereocenters. The van der Waals surface area contributed by atoms with E-state index in [-0.39, 0.29) is 23.2 Å². The Morgan fingerprint density at radius 2 is 1.69 bits per heavy atom. The van der Waals surface area contributed by atoms with Gasteiger partial charge in [0.2, 0.25) is 0 Å². The van der Waals surface area contributed by atoms with Gasteiger partial charge in [-0.1, -0.05) is 41.4 Å². The molecule has 1 aliphatic rings.